The van der Waals surface area contributed by atoms with Crippen molar-refractivity contribution >= 4 is 17.7 Å². The van der Waals surface area contributed by atoms with E-state index in [0.717, 1.165) is 37.3 Å². The van der Waals surface area contributed by atoms with Crippen molar-refractivity contribution in [1.29, 1.82) is 0 Å². The molecule has 0 radical (unpaired) electrons. The van der Waals surface area contributed by atoms with Gasteiger partial charge in [0.2, 0.25) is 0 Å². The highest BCUT2D eigenvalue weighted by atomic mass is 32.2. The van der Waals surface area contributed by atoms with Crippen LogP contribution >= 0.6 is 11.8 Å². The van der Waals surface area contributed by atoms with Crippen molar-refractivity contribution in [3.8, 4) is 0 Å². The van der Waals surface area contributed by atoms with Gasteiger partial charge in [-0.25, -0.2) is 0 Å². The molecule has 0 aromatic heterocycles. The second-order valence-electron chi connectivity index (χ2n) is 3.18. The molecule has 0 heterocycles. The van der Waals surface area contributed by atoms with Crippen molar-refractivity contribution in [3.63, 3.8) is 0 Å². The number of unbranched alkanes of at least 4 members (excludes halogenated alkanes) is 1. The van der Waals surface area contributed by atoms with Gasteiger partial charge in [0.1, 0.15) is 6.04 Å². The molecule has 0 rings (SSSR count). The van der Waals surface area contributed by atoms with E-state index in [9.17, 15) is 4.79 Å². The Morgan fingerprint density at radius 1 is 1.50 bits per heavy atom. The Morgan fingerprint density at radius 3 is 2.71 bits per heavy atom. The highest BCUT2D eigenvalue weighted by Gasteiger charge is 2.14. The fourth-order valence-corrected chi connectivity index (χ4v) is 1.72. The fraction of sp³-hybridized carbons (Fsp3) is 0.900. The van der Waals surface area contributed by atoms with E-state index in [1.807, 2.05) is 11.8 Å². The first kappa shape index (κ1) is 13.8. The number of nitrogens with one attached hydrogen (secondary N) is 1. The van der Waals surface area contributed by atoms with Gasteiger partial charge in [-0.2, -0.15) is 11.8 Å². The van der Waals surface area contributed by atoms with Gasteiger partial charge in [0.25, 0.3) is 0 Å². The molecule has 14 heavy (non-hydrogen) atoms. The van der Waals surface area contributed by atoms with E-state index in [0.29, 0.717) is 0 Å². The van der Waals surface area contributed by atoms with Crippen molar-refractivity contribution < 1.29 is 9.90 Å². The van der Waals surface area contributed by atoms with Crippen LogP contribution in [0.1, 0.15) is 33.1 Å². The molecular formula is C10H21NO2S. The summed E-state index contributed by atoms with van der Waals surface area (Å²) < 4.78 is 0. The second-order valence-corrected chi connectivity index (χ2v) is 4.58. The molecule has 0 saturated heterocycles. The molecule has 84 valence electrons. The topological polar surface area (TPSA) is 49.3 Å². The Kier molecular flexibility index (Phi) is 9.19. The van der Waals surface area contributed by atoms with Crippen LogP contribution in [0.3, 0.4) is 0 Å². The zero-order valence-corrected chi connectivity index (χ0v) is 9.90. The average molecular weight is 219 g/mol. The van der Waals surface area contributed by atoms with Crippen molar-refractivity contribution in [1.82, 2.24) is 5.32 Å². The smallest absolute Gasteiger partial charge is 0.320 e. The number of carboxylic acid groups (broad SMARTS) is 1. The summed E-state index contributed by atoms with van der Waals surface area (Å²) in [7, 11) is 0. The highest BCUT2D eigenvalue weighted by molar-refractivity contribution is 7.99. The lowest BCUT2D eigenvalue weighted by Gasteiger charge is -2.13. The summed E-state index contributed by atoms with van der Waals surface area (Å²) >= 11 is 1.83. The summed E-state index contributed by atoms with van der Waals surface area (Å²) in [5.74, 6) is 1.36. The minimum atomic E-state index is -0.722. The fourth-order valence-electron chi connectivity index (χ4n) is 1.17. The molecule has 4 heteroatoms. The van der Waals surface area contributed by atoms with Crippen molar-refractivity contribution in [2.24, 2.45) is 0 Å². The number of thioether (sulfide) groups is 1. The molecule has 0 spiro atoms. The van der Waals surface area contributed by atoms with Crippen LogP contribution < -0.4 is 5.32 Å². The standard InChI is InChI=1S/C10H21NO2S/c1-3-5-6-9(10(12)13)11-7-8-14-4-2/h9,11H,3-8H2,1-2H3,(H,12,13)/t9-/m0/s1. The van der Waals surface area contributed by atoms with Crippen LogP contribution in [0.5, 0.6) is 0 Å². The molecule has 0 amide bonds. The summed E-state index contributed by atoms with van der Waals surface area (Å²) in [4.78, 5) is 10.8. The molecule has 0 aliphatic heterocycles. The highest BCUT2D eigenvalue weighted by Crippen LogP contribution is 2.02. The van der Waals surface area contributed by atoms with E-state index >= 15 is 0 Å². The van der Waals surface area contributed by atoms with Crippen LogP contribution in [0.25, 0.3) is 0 Å². The van der Waals surface area contributed by atoms with Crippen LogP contribution in [0.2, 0.25) is 0 Å². The SMILES string of the molecule is CCCC[C@H](NCCSCC)C(=O)O. The van der Waals surface area contributed by atoms with Gasteiger partial charge in [0, 0.05) is 12.3 Å². The molecule has 2 N–H and O–H groups in total. The Hall–Kier alpha value is -0.220. The Balaban J connectivity index is 3.57. The normalized spacial score (nSPS) is 12.7. The number of hydrogen-bond acceptors (Lipinski definition) is 3. The molecule has 0 saturated carbocycles. The van der Waals surface area contributed by atoms with Gasteiger partial charge in [-0.15, -0.1) is 0 Å². The lowest BCUT2D eigenvalue weighted by Crippen LogP contribution is -2.37. The molecule has 3 nitrogen and oxygen atoms in total. The van der Waals surface area contributed by atoms with Crippen LogP contribution in [-0.4, -0.2) is 35.2 Å². The van der Waals surface area contributed by atoms with E-state index in [-0.39, 0.29) is 6.04 Å². The zero-order chi connectivity index (χ0) is 10.8. The maximum atomic E-state index is 10.8. The van der Waals surface area contributed by atoms with Crippen molar-refractivity contribution in [2.45, 2.75) is 39.2 Å². The first-order chi connectivity index (χ1) is 6.72. The van der Waals surface area contributed by atoms with Crippen LogP contribution in [0.15, 0.2) is 0 Å². The van der Waals surface area contributed by atoms with E-state index in [1.165, 1.54) is 0 Å². The summed E-state index contributed by atoms with van der Waals surface area (Å²) in [5, 5.41) is 12.0. The first-order valence-corrected chi connectivity index (χ1v) is 6.41. The monoisotopic (exact) mass is 219 g/mol. The summed E-state index contributed by atoms with van der Waals surface area (Å²) in [6, 6.07) is -0.354. The van der Waals surface area contributed by atoms with Crippen LogP contribution in [0, 0.1) is 0 Å². The van der Waals surface area contributed by atoms with Crippen LogP contribution in [-0.2, 0) is 4.79 Å². The molecular weight excluding hydrogens is 198 g/mol. The predicted molar refractivity (Wildman–Crippen MR) is 62.0 cm³/mol. The maximum absolute atomic E-state index is 10.8. The molecule has 0 unspecified atom stereocenters. The number of aliphatic carboxylic acids is 1. The predicted octanol–water partition coefficient (Wildman–Crippen LogP) is 1.97. The number of rotatable bonds is 9. The van der Waals surface area contributed by atoms with Gasteiger partial charge in [-0.05, 0) is 12.2 Å². The summed E-state index contributed by atoms with van der Waals surface area (Å²) in [5.41, 5.74) is 0. The molecule has 0 aliphatic rings. The third-order valence-corrected chi connectivity index (χ3v) is 2.89. The van der Waals surface area contributed by atoms with E-state index in [1.54, 1.807) is 0 Å². The van der Waals surface area contributed by atoms with Gasteiger partial charge in [-0.1, -0.05) is 26.7 Å². The Bertz CT molecular complexity index is 153. The molecule has 0 fully saturated rings. The maximum Gasteiger partial charge on any atom is 0.320 e. The van der Waals surface area contributed by atoms with Gasteiger partial charge in [0.05, 0.1) is 0 Å². The lowest BCUT2D eigenvalue weighted by atomic mass is 10.1. The zero-order valence-electron chi connectivity index (χ0n) is 9.08. The van der Waals surface area contributed by atoms with Crippen molar-refractivity contribution in [2.75, 3.05) is 18.1 Å². The van der Waals surface area contributed by atoms with Gasteiger partial charge in [0.15, 0.2) is 0 Å². The van der Waals surface area contributed by atoms with Crippen LogP contribution in [0.4, 0.5) is 0 Å². The van der Waals surface area contributed by atoms with E-state index < -0.39 is 5.97 Å². The molecule has 1 atom stereocenters. The average Bonchev–Trinajstić information content (AvgIpc) is 2.16. The summed E-state index contributed by atoms with van der Waals surface area (Å²) in [6.45, 7) is 4.97. The van der Waals surface area contributed by atoms with E-state index in [4.69, 9.17) is 5.11 Å². The third kappa shape index (κ3) is 7.21. The first-order valence-electron chi connectivity index (χ1n) is 5.26. The molecule has 0 aliphatic carbocycles. The largest absolute Gasteiger partial charge is 0.480 e. The quantitative estimate of drug-likeness (QED) is 0.582. The van der Waals surface area contributed by atoms with Gasteiger partial charge >= 0.3 is 5.97 Å². The summed E-state index contributed by atoms with van der Waals surface area (Å²) in [6.07, 6.45) is 2.77. The molecule has 0 bridgehead atoms. The number of carboxylic acids is 1. The third-order valence-electron chi connectivity index (χ3n) is 1.99. The molecule has 0 aromatic rings. The minimum absolute atomic E-state index is 0.354. The van der Waals surface area contributed by atoms with Gasteiger partial charge in [-0.3, -0.25) is 4.79 Å². The molecule has 0 aromatic carbocycles. The minimum Gasteiger partial charge on any atom is -0.480 e. The number of hydrogen-bond donors (Lipinski definition) is 2. The lowest BCUT2D eigenvalue weighted by molar-refractivity contribution is -0.139. The van der Waals surface area contributed by atoms with Crippen molar-refractivity contribution in [3.05, 3.63) is 0 Å². The number of carbonyl (C=O) groups is 1. The second kappa shape index (κ2) is 9.34. The van der Waals surface area contributed by atoms with Gasteiger partial charge < -0.3 is 10.4 Å². The van der Waals surface area contributed by atoms with E-state index in [2.05, 4.69) is 19.2 Å². The Labute approximate surface area is 90.7 Å². The Morgan fingerprint density at radius 2 is 2.21 bits per heavy atom.